The minimum atomic E-state index is -3.54. The quantitative estimate of drug-likeness (QED) is 0.825. The lowest BCUT2D eigenvalue weighted by Gasteiger charge is -2.31. The summed E-state index contributed by atoms with van der Waals surface area (Å²) in [5, 5.41) is 0. The van der Waals surface area contributed by atoms with Crippen LogP contribution in [0.1, 0.15) is 31.7 Å². The van der Waals surface area contributed by atoms with Crippen LogP contribution in [0.2, 0.25) is 0 Å². The van der Waals surface area contributed by atoms with Crippen LogP contribution in [-0.2, 0) is 10.0 Å². The lowest BCUT2D eigenvalue weighted by Crippen LogP contribution is -2.40. The number of sulfonamides is 1. The summed E-state index contributed by atoms with van der Waals surface area (Å²) >= 11 is 0. The van der Waals surface area contributed by atoms with E-state index in [-0.39, 0.29) is 17.5 Å². The van der Waals surface area contributed by atoms with Crippen molar-refractivity contribution in [3.05, 3.63) is 29.8 Å². The molecule has 1 fully saturated rings. The molecule has 1 unspecified atom stereocenters. The topological polar surface area (TPSA) is 72.2 Å². The van der Waals surface area contributed by atoms with Crippen molar-refractivity contribution in [3.63, 3.8) is 0 Å². The third-order valence-electron chi connectivity index (χ3n) is 3.70. The molecule has 0 saturated heterocycles. The number of benzene rings is 1. The highest BCUT2D eigenvalue weighted by Crippen LogP contribution is 2.30. The van der Waals surface area contributed by atoms with E-state index >= 15 is 0 Å². The molecule has 2 rings (SSSR count). The van der Waals surface area contributed by atoms with Gasteiger partial charge in [-0.3, -0.25) is 0 Å². The summed E-state index contributed by atoms with van der Waals surface area (Å²) in [5.41, 5.74) is 5.83. The SMILES string of the molecule is CC(NS(=O)(=O)c1ccccc1C#CCN)C1CCC1. The van der Waals surface area contributed by atoms with E-state index < -0.39 is 10.0 Å². The van der Waals surface area contributed by atoms with Gasteiger partial charge in [0.1, 0.15) is 0 Å². The Bertz CT molecular complexity index is 625. The van der Waals surface area contributed by atoms with Gasteiger partial charge in [-0.1, -0.05) is 30.4 Å². The first-order valence-electron chi connectivity index (χ1n) is 6.85. The molecule has 1 atom stereocenters. The summed E-state index contributed by atoms with van der Waals surface area (Å²) in [6.07, 6.45) is 3.38. The second-order valence-electron chi connectivity index (χ2n) is 5.10. The maximum absolute atomic E-state index is 12.5. The zero-order chi connectivity index (χ0) is 14.6. The fourth-order valence-corrected chi connectivity index (χ4v) is 3.77. The van der Waals surface area contributed by atoms with Crippen LogP contribution >= 0.6 is 0 Å². The Morgan fingerprint density at radius 3 is 2.70 bits per heavy atom. The van der Waals surface area contributed by atoms with Crippen LogP contribution in [0, 0.1) is 17.8 Å². The van der Waals surface area contributed by atoms with Crippen molar-refractivity contribution in [1.29, 1.82) is 0 Å². The monoisotopic (exact) mass is 292 g/mol. The van der Waals surface area contributed by atoms with Crippen LogP contribution < -0.4 is 10.5 Å². The number of nitrogens with two attached hydrogens (primary N) is 1. The second-order valence-corrected chi connectivity index (χ2v) is 6.79. The minimum Gasteiger partial charge on any atom is -0.320 e. The van der Waals surface area contributed by atoms with Gasteiger partial charge in [0, 0.05) is 11.6 Å². The molecule has 0 aliphatic heterocycles. The third kappa shape index (κ3) is 3.40. The highest BCUT2D eigenvalue weighted by molar-refractivity contribution is 7.89. The molecule has 0 bridgehead atoms. The zero-order valence-corrected chi connectivity index (χ0v) is 12.4. The van der Waals surface area contributed by atoms with Crippen LogP contribution in [0.4, 0.5) is 0 Å². The van der Waals surface area contributed by atoms with E-state index in [2.05, 4.69) is 16.6 Å². The van der Waals surface area contributed by atoms with E-state index in [4.69, 9.17) is 5.73 Å². The molecule has 5 heteroatoms. The first-order valence-corrected chi connectivity index (χ1v) is 8.33. The molecule has 0 spiro atoms. The molecule has 1 saturated carbocycles. The lowest BCUT2D eigenvalue weighted by molar-refractivity contribution is 0.260. The Hall–Kier alpha value is -1.35. The Morgan fingerprint density at radius 1 is 1.40 bits per heavy atom. The van der Waals surface area contributed by atoms with E-state index in [1.165, 1.54) is 6.42 Å². The highest BCUT2D eigenvalue weighted by Gasteiger charge is 2.28. The van der Waals surface area contributed by atoms with Gasteiger partial charge in [-0.15, -0.1) is 0 Å². The number of nitrogens with one attached hydrogen (secondary N) is 1. The summed E-state index contributed by atoms with van der Waals surface area (Å²) < 4.78 is 27.7. The van der Waals surface area contributed by atoms with E-state index in [0.29, 0.717) is 11.5 Å². The highest BCUT2D eigenvalue weighted by atomic mass is 32.2. The Morgan fingerprint density at radius 2 is 2.10 bits per heavy atom. The summed E-state index contributed by atoms with van der Waals surface area (Å²) in [5.74, 6) is 5.97. The number of hydrogen-bond acceptors (Lipinski definition) is 3. The first kappa shape index (κ1) is 15.0. The van der Waals surface area contributed by atoms with Crippen molar-refractivity contribution in [2.24, 2.45) is 11.7 Å². The van der Waals surface area contributed by atoms with E-state index in [9.17, 15) is 8.42 Å². The lowest BCUT2D eigenvalue weighted by atomic mass is 9.81. The molecule has 0 radical (unpaired) electrons. The average molecular weight is 292 g/mol. The minimum absolute atomic E-state index is 0.0377. The molecule has 0 heterocycles. The van der Waals surface area contributed by atoms with Gasteiger partial charge in [0.15, 0.2) is 0 Å². The molecule has 3 N–H and O–H groups in total. The van der Waals surface area contributed by atoms with Crippen LogP contribution in [0.25, 0.3) is 0 Å². The van der Waals surface area contributed by atoms with Gasteiger partial charge in [0.25, 0.3) is 0 Å². The summed E-state index contributed by atoms with van der Waals surface area (Å²) in [7, 11) is -3.54. The molecule has 0 amide bonds. The standard InChI is InChI=1S/C15H20N2O2S/c1-12(13-7-4-8-13)17-20(18,19)15-10-3-2-6-14(15)9-5-11-16/h2-3,6,10,12-13,17H,4,7-8,11,16H2,1H3. The zero-order valence-electron chi connectivity index (χ0n) is 11.6. The summed E-state index contributed by atoms with van der Waals surface area (Å²) in [6, 6.07) is 6.72. The van der Waals surface area contributed by atoms with Crippen molar-refractivity contribution in [1.82, 2.24) is 4.72 Å². The van der Waals surface area contributed by atoms with Gasteiger partial charge < -0.3 is 5.73 Å². The largest absolute Gasteiger partial charge is 0.320 e. The van der Waals surface area contributed by atoms with E-state index in [1.54, 1.807) is 24.3 Å². The van der Waals surface area contributed by atoms with Crippen molar-refractivity contribution in [3.8, 4) is 11.8 Å². The van der Waals surface area contributed by atoms with Gasteiger partial charge >= 0.3 is 0 Å². The van der Waals surface area contributed by atoms with Crippen molar-refractivity contribution >= 4 is 10.0 Å². The maximum atomic E-state index is 12.5. The van der Waals surface area contributed by atoms with Gasteiger partial charge in [-0.05, 0) is 37.8 Å². The fraction of sp³-hybridized carbons (Fsp3) is 0.467. The van der Waals surface area contributed by atoms with Gasteiger partial charge in [-0.25, -0.2) is 13.1 Å². The molecular formula is C15H20N2O2S. The average Bonchev–Trinajstić information content (AvgIpc) is 2.33. The maximum Gasteiger partial charge on any atom is 0.242 e. The normalized spacial score (nSPS) is 16.9. The molecule has 1 aromatic carbocycles. The van der Waals surface area contributed by atoms with Crippen LogP contribution in [0.15, 0.2) is 29.2 Å². The molecule has 1 aromatic rings. The van der Waals surface area contributed by atoms with Gasteiger partial charge in [-0.2, -0.15) is 0 Å². The van der Waals surface area contributed by atoms with E-state index in [0.717, 1.165) is 12.8 Å². The second kappa shape index (κ2) is 6.40. The summed E-state index contributed by atoms with van der Waals surface area (Å²) in [6.45, 7) is 2.13. The van der Waals surface area contributed by atoms with Crippen molar-refractivity contribution in [2.45, 2.75) is 37.1 Å². The predicted molar refractivity (Wildman–Crippen MR) is 79.5 cm³/mol. The fourth-order valence-electron chi connectivity index (χ4n) is 2.29. The molecule has 108 valence electrons. The Labute approximate surface area is 120 Å². The van der Waals surface area contributed by atoms with Crippen LogP contribution in [0.5, 0.6) is 0 Å². The molecule has 1 aliphatic rings. The third-order valence-corrected chi connectivity index (χ3v) is 5.32. The number of hydrogen-bond donors (Lipinski definition) is 2. The van der Waals surface area contributed by atoms with Crippen molar-refractivity contribution < 1.29 is 8.42 Å². The molecule has 1 aliphatic carbocycles. The van der Waals surface area contributed by atoms with Gasteiger partial charge in [0.05, 0.1) is 11.4 Å². The van der Waals surface area contributed by atoms with Crippen molar-refractivity contribution in [2.75, 3.05) is 6.54 Å². The predicted octanol–water partition coefficient (Wildman–Crippen LogP) is 1.46. The Balaban J connectivity index is 2.24. The molecule has 4 nitrogen and oxygen atoms in total. The molecule has 0 aromatic heterocycles. The number of rotatable bonds is 4. The Kier molecular flexibility index (Phi) is 4.81. The van der Waals surface area contributed by atoms with Crippen LogP contribution in [0.3, 0.4) is 0 Å². The first-order chi connectivity index (χ1) is 9.54. The van der Waals surface area contributed by atoms with Gasteiger partial charge in [0.2, 0.25) is 10.0 Å². The molecular weight excluding hydrogens is 272 g/mol. The molecule has 20 heavy (non-hydrogen) atoms. The van der Waals surface area contributed by atoms with Crippen LogP contribution in [-0.4, -0.2) is 21.0 Å². The smallest absolute Gasteiger partial charge is 0.242 e. The summed E-state index contributed by atoms with van der Waals surface area (Å²) in [4.78, 5) is 0.229. The van der Waals surface area contributed by atoms with E-state index in [1.807, 2.05) is 6.92 Å².